The minimum atomic E-state index is -3.64. The van der Waals surface area contributed by atoms with Crippen LogP contribution in [0.3, 0.4) is 0 Å². The molecule has 1 unspecified atom stereocenters. The molecule has 8 nitrogen and oxygen atoms in total. The van der Waals surface area contributed by atoms with E-state index >= 15 is 0 Å². The molecule has 1 atom stereocenters. The summed E-state index contributed by atoms with van der Waals surface area (Å²) in [6, 6.07) is 13.6. The summed E-state index contributed by atoms with van der Waals surface area (Å²) in [4.78, 5) is 26.5. The van der Waals surface area contributed by atoms with Gasteiger partial charge in [-0.05, 0) is 74.0 Å². The highest BCUT2D eigenvalue weighted by atomic mass is 32.2. The van der Waals surface area contributed by atoms with Gasteiger partial charge in [0.25, 0.3) is 5.91 Å². The minimum absolute atomic E-state index is 0.0851. The summed E-state index contributed by atoms with van der Waals surface area (Å²) in [7, 11) is -3.64. The van der Waals surface area contributed by atoms with Crippen molar-refractivity contribution in [2.75, 3.05) is 25.0 Å². The van der Waals surface area contributed by atoms with Gasteiger partial charge in [-0.2, -0.15) is 0 Å². The molecule has 2 aromatic rings. The van der Waals surface area contributed by atoms with Crippen molar-refractivity contribution in [3.8, 4) is 0 Å². The standard InChI is InChI=1S/C24H30N4O4S/c25-23(29)20-4-2-12-28(16-20)15-18-8-10-21(11-9-18)27-24(30)19-3-1-5-22(13-19)33(31,32)26-14-17-6-7-17/h1,3,5,8-11,13,17,20,26H,2,4,6-7,12,14-16H2,(H2,25,29)(H,27,30). The van der Waals surface area contributed by atoms with Crippen LogP contribution in [0, 0.1) is 11.8 Å². The van der Waals surface area contributed by atoms with Crippen molar-refractivity contribution in [1.82, 2.24) is 9.62 Å². The highest BCUT2D eigenvalue weighted by Crippen LogP contribution is 2.28. The maximum Gasteiger partial charge on any atom is 0.255 e. The molecule has 2 aliphatic rings. The summed E-state index contributed by atoms with van der Waals surface area (Å²) >= 11 is 0. The number of benzene rings is 2. The topological polar surface area (TPSA) is 122 Å². The van der Waals surface area contributed by atoms with Crippen molar-refractivity contribution in [2.45, 2.75) is 37.1 Å². The maximum atomic E-state index is 12.7. The Bertz CT molecular complexity index is 1110. The molecule has 1 heterocycles. The molecule has 0 radical (unpaired) electrons. The zero-order valence-electron chi connectivity index (χ0n) is 18.5. The fourth-order valence-corrected chi connectivity index (χ4v) is 5.19. The predicted octanol–water partition coefficient (Wildman–Crippen LogP) is 2.32. The first-order valence-electron chi connectivity index (χ1n) is 11.3. The molecular formula is C24H30N4O4S. The van der Waals surface area contributed by atoms with Crippen LogP contribution in [0.15, 0.2) is 53.4 Å². The third-order valence-corrected chi connectivity index (χ3v) is 7.61. The van der Waals surface area contributed by atoms with E-state index in [1.54, 1.807) is 12.1 Å². The van der Waals surface area contributed by atoms with Crippen LogP contribution in [0.5, 0.6) is 0 Å². The Morgan fingerprint density at radius 1 is 1.06 bits per heavy atom. The lowest BCUT2D eigenvalue weighted by Gasteiger charge is -2.31. The molecule has 2 amide bonds. The number of hydrogen-bond acceptors (Lipinski definition) is 5. The second kappa shape index (κ2) is 10.0. The monoisotopic (exact) mass is 470 g/mol. The Morgan fingerprint density at radius 3 is 2.52 bits per heavy atom. The summed E-state index contributed by atoms with van der Waals surface area (Å²) in [5.74, 6) is -0.287. The van der Waals surface area contributed by atoms with E-state index in [2.05, 4.69) is 14.9 Å². The zero-order valence-corrected chi connectivity index (χ0v) is 19.3. The minimum Gasteiger partial charge on any atom is -0.369 e. The van der Waals surface area contributed by atoms with E-state index in [0.717, 1.165) is 37.8 Å². The van der Waals surface area contributed by atoms with Gasteiger partial charge >= 0.3 is 0 Å². The average Bonchev–Trinajstić information content (AvgIpc) is 3.64. The number of amides is 2. The van der Waals surface area contributed by atoms with E-state index in [4.69, 9.17) is 5.73 Å². The van der Waals surface area contributed by atoms with E-state index in [1.807, 2.05) is 24.3 Å². The molecule has 1 aliphatic carbocycles. The van der Waals surface area contributed by atoms with Gasteiger partial charge in [0.15, 0.2) is 0 Å². The van der Waals surface area contributed by atoms with Gasteiger partial charge in [-0.1, -0.05) is 18.2 Å². The van der Waals surface area contributed by atoms with Crippen LogP contribution >= 0.6 is 0 Å². The Labute approximate surface area is 194 Å². The molecule has 1 saturated heterocycles. The molecule has 2 aromatic carbocycles. The molecule has 0 spiro atoms. The van der Waals surface area contributed by atoms with Gasteiger partial charge in [0.1, 0.15) is 0 Å². The molecule has 33 heavy (non-hydrogen) atoms. The SMILES string of the molecule is NC(=O)C1CCCN(Cc2ccc(NC(=O)c3cccc(S(=O)(=O)NCC4CC4)c3)cc2)C1. The molecule has 0 aromatic heterocycles. The first-order chi connectivity index (χ1) is 15.8. The fourth-order valence-electron chi connectivity index (χ4n) is 4.02. The summed E-state index contributed by atoms with van der Waals surface area (Å²) < 4.78 is 27.6. The molecule has 4 N–H and O–H groups in total. The van der Waals surface area contributed by atoms with E-state index in [9.17, 15) is 18.0 Å². The highest BCUT2D eigenvalue weighted by molar-refractivity contribution is 7.89. The van der Waals surface area contributed by atoms with Gasteiger partial charge < -0.3 is 11.1 Å². The number of nitrogens with two attached hydrogens (primary N) is 1. The summed E-state index contributed by atoms with van der Waals surface area (Å²) in [5, 5.41) is 2.82. The Kier molecular flexibility index (Phi) is 7.11. The number of hydrogen-bond donors (Lipinski definition) is 3. The van der Waals surface area contributed by atoms with Crippen LogP contribution in [0.4, 0.5) is 5.69 Å². The number of likely N-dealkylation sites (tertiary alicyclic amines) is 1. The molecular weight excluding hydrogens is 440 g/mol. The van der Waals surface area contributed by atoms with E-state index in [-0.39, 0.29) is 28.2 Å². The van der Waals surface area contributed by atoms with E-state index in [1.165, 1.54) is 12.1 Å². The van der Waals surface area contributed by atoms with Crippen LogP contribution in [-0.2, 0) is 21.4 Å². The summed E-state index contributed by atoms with van der Waals surface area (Å²) in [6.45, 7) is 2.75. The smallest absolute Gasteiger partial charge is 0.255 e. The van der Waals surface area contributed by atoms with Crippen molar-refractivity contribution < 1.29 is 18.0 Å². The summed E-state index contributed by atoms with van der Waals surface area (Å²) in [6.07, 6.45) is 3.90. The molecule has 4 rings (SSSR count). The maximum absolute atomic E-state index is 12.7. The average molecular weight is 471 g/mol. The van der Waals surface area contributed by atoms with Crippen LogP contribution in [0.2, 0.25) is 0 Å². The molecule has 1 aliphatic heterocycles. The second-order valence-corrected chi connectivity index (χ2v) is 10.7. The quantitative estimate of drug-likeness (QED) is 0.519. The Hall–Kier alpha value is -2.75. The third-order valence-electron chi connectivity index (χ3n) is 6.19. The molecule has 9 heteroatoms. The number of carbonyl (C=O) groups excluding carboxylic acids is 2. The number of piperidine rings is 1. The van der Waals surface area contributed by atoms with Crippen molar-refractivity contribution >= 4 is 27.5 Å². The number of primary amides is 1. The number of sulfonamides is 1. The number of nitrogens with zero attached hydrogens (tertiary/aromatic N) is 1. The Morgan fingerprint density at radius 2 is 1.82 bits per heavy atom. The normalized spacial score (nSPS) is 19.2. The van der Waals surface area contributed by atoms with Crippen LogP contribution in [0.25, 0.3) is 0 Å². The van der Waals surface area contributed by atoms with Gasteiger partial charge in [0, 0.05) is 30.9 Å². The van der Waals surface area contributed by atoms with Gasteiger partial charge in [-0.15, -0.1) is 0 Å². The van der Waals surface area contributed by atoms with Crippen molar-refractivity contribution in [2.24, 2.45) is 17.6 Å². The molecule has 176 valence electrons. The van der Waals surface area contributed by atoms with Crippen molar-refractivity contribution in [3.63, 3.8) is 0 Å². The van der Waals surface area contributed by atoms with E-state index < -0.39 is 10.0 Å². The lowest BCUT2D eigenvalue weighted by Crippen LogP contribution is -2.40. The largest absolute Gasteiger partial charge is 0.369 e. The predicted molar refractivity (Wildman–Crippen MR) is 126 cm³/mol. The second-order valence-electron chi connectivity index (χ2n) is 8.95. The molecule has 2 fully saturated rings. The van der Waals surface area contributed by atoms with Gasteiger partial charge in [-0.25, -0.2) is 13.1 Å². The number of nitrogens with one attached hydrogen (secondary N) is 2. The van der Waals surface area contributed by atoms with Crippen molar-refractivity contribution in [1.29, 1.82) is 0 Å². The van der Waals surface area contributed by atoms with E-state index in [0.29, 0.717) is 31.2 Å². The zero-order chi connectivity index (χ0) is 23.4. The summed E-state index contributed by atoms with van der Waals surface area (Å²) in [5.41, 5.74) is 7.43. The van der Waals surface area contributed by atoms with Gasteiger partial charge in [-0.3, -0.25) is 14.5 Å². The Balaban J connectivity index is 1.35. The van der Waals surface area contributed by atoms with Crippen LogP contribution in [0.1, 0.15) is 41.6 Å². The third kappa shape index (κ3) is 6.40. The van der Waals surface area contributed by atoms with Gasteiger partial charge in [0.2, 0.25) is 15.9 Å². The van der Waals surface area contributed by atoms with Crippen LogP contribution < -0.4 is 15.8 Å². The molecule has 1 saturated carbocycles. The lowest BCUT2D eigenvalue weighted by molar-refractivity contribution is -0.123. The number of carbonyl (C=O) groups is 2. The van der Waals surface area contributed by atoms with Crippen LogP contribution in [-0.4, -0.2) is 44.8 Å². The highest BCUT2D eigenvalue weighted by Gasteiger charge is 2.25. The van der Waals surface area contributed by atoms with Gasteiger partial charge in [0.05, 0.1) is 10.8 Å². The first kappa shape index (κ1) is 23.4. The fraction of sp³-hybridized carbons (Fsp3) is 0.417. The number of anilines is 1. The van der Waals surface area contributed by atoms with Crippen molar-refractivity contribution in [3.05, 3.63) is 59.7 Å². The lowest BCUT2D eigenvalue weighted by atomic mass is 9.97. The first-order valence-corrected chi connectivity index (χ1v) is 12.8. The molecule has 0 bridgehead atoms. The number of rotatable bonds is 9.